The standard InChI is InChI=1S/C21H22N4O4S/c1-13(20(26)22-15-6-9-17-18(11-15)29-12-28-17)30-21-24-23-19(25(21)2)10-14-4-7-16(27-3)8-5-14/h4-9,11,13H,10,12H2,1-3H3,(H,22,26)/t13-/m1/s1. The van der Waals surface area contributed by atoms with Crippen LogP contribution in [0.1, 0.15) is 18.3 Å². The molecule has 0 spiro atoms. The minimum Gasteiger partial charge on any atom is -0.497 e. The minimum absolute atomic E-state index is 0.126. The largest absolute Gasteiger partial charge is 0.497 e. The molecule has 1 N–H and O–H groups in total. The van der Waals surface area contributed by atoms with Gasteiger partial charge in [-0.3, -0.25) is 4.79 Å². The molecule has 8 nitrogen and oxygen atoms in total. The van der Waals surface area contributed by atoms with Gasteiger partial charge >= 0.3 is 0 Å². The molecule has 1 aromatic heterocycles. The number of aromatic nitrogens is 3. The third-order valence-electron chi connectivity index (χ3n) is 4.74. The first-order valence-electron chi connectivity index (χ1n) is 9.42. The van der Waals surface area contributed by atoms with Gasteiger partial charge in [0.05, 0.1) is 12.4 Å². The van der Waals surface area contributed by atoms with Gasteiger partial charge in [0, 0.05) is 25.2 Å². The van der Waals surface area contributed by atoms with Gasteiger partial charge in [-0.1, -0.05) is 23.9 Å². The fourth-order valence-corrected chi connectivity index (χ4v) is 3.79. The van der Waals surface area contributed by atoms with Crippen LogP contribution in [0.5, 0.6) is 17.2 Å². The number of amides is 1. The average molecular weight is 426 g/mol. The zero-order valence-electron chi connectivity index (χ0n) is 16.9. The Morgan fingerprint density at radius 2 is 1.97 bits per heavy atom. The molecular weight excluding hydrogens is 404 g/mol. The Morgan fingerprint density at radius 3 is 2.73 bits per heavy atom. The quantitative estimate of drug-likeness (QED) is 0.580. The Morgan fingerprint density at radius 1 is 1.20 bits per heavy atom. The topological polar surface area (TPSA) is 87.5 Å². The Hall–Kier alpha value is -3.20. The van der Waals surface area contributed by atoms with Crippen molar-refractivity contribution < 1.29 is 19.0 Å². The van der Waals surface area contributed by atoms with Gasteiger partial charge < -0.3 is 24.1 Å². The summed E-state index contributed by atoms with van der Waals surface area (Å²) in [6.45, 7) is 2.04. The molecule has 0 aliphatic carbocycles. The van der Waals surface area contributed by atoms with Crippen LogP contribution < -0.4 is 19.5 Å². The molecule has 4 rings (SSSR count). The fourth-order valence-electron chi connectivity index (χ4n) is 2.96. The Balaban J connectivity index is 1.38. The average Bonchev–Trinajstić information content (AvgIpc) is 3.35. The predicted octanol–water partition coefficient (Wildman–Crippen LogP) is 3.26. The monoisotopic (exact) mass is 426 g/mol. The third-order valence-corrected chi connectivity index (χ3v) is 5.87. The third kappa shape index (κ3) is 4.35. The van der Waals surface area contributed by atoms with Crippen LogP contribution in [0.3, 0.4) is 0 Å². The number of carbonyl (C=O) groups is 1. The van der Waals surface area contributed by atoms with E-state index in [0.29, 0.717) is 28.8 Å². The van der Waals surface area contributed by atoms with Crippen LogP contribution in [0.4, 0.5) is 5.69 Å². The first kappa shape index (κ1) is 20.1. The van der Waals surface area contributed by atoms with Crippen LogP contribution in [0, 0.1) is 0 Å². The number of ether oxygens (including phenoxy) is 3. The van der Waals surface area contributed by atoms with Gasteiger partial charge in [-0.2, -0.15) is 0 Å². The van der Waals surface area contributed by atoms with E-state index in [1.54, 1.807) is 25.3 Å². The van der Waals surface area contributed by atoms with Crippen LogP contribution in [0.25, 0.3) is 0 Å². The first-order valence-corrected chi connectivity index (χ1v) is 10.3. The lowest BCUT2D eigenvalue weighted by Crippen LogP contribution is -2.22. The summed E-state index contributed by atoms with van der Waals surface area (Å²) in [6.07, 6.45) is 0.645. The van der Waals surface area contributed by atoms with Crippen molar-refractivity contribution in [2.75, 3.05) is 19.2 Å². The lowest BCUT2D eigenvalue weighted by molar-refractivity contribution is -0.115. The number of anilines is 1. The molecule has 0 unspecified atom stereocenters. The highest BCUT2D eigenvalue weighted by molar-refractivity contribution is 8.00. The van der Waals surface area contributed by atoms with Crippen LogP contribution in [0.15, 0.2) is 47.6 Å². The van der Waals surface area contributed by atoms with E-state index in [1.807, 2.05) is 42.8 Å². The van der Waals surface area contributed by atoms with E-state index in [1.165, 1.54) is 11.8 Å². The number of fused-ring (bicyclic) bond motifs is 1. The maximum Gasteiger partial charge on any atom is 0.237 e. The highest BCUT2D eigenvalue weighted by Gasteiger charge is 2.20. The number of nitrogens with zero attached hydrogens (tertiary/aromatic N) is 3. The smallest absolute Gasteiger partial charge is 0.237 e. The zero-order valence-corrected chi connectivity index (χ0v) is 17.7. The molecule has 9 heteroatoms. The normalized spacial score (nSPS) is 13.2. The number of rotatable bonds is 7. The number of hydrogen-bond donors (Lipinski definition) is 1. The Bertz CT molecular complexity index is 1050. The van der Waals surface area contributed by atoms with Gasteiger partial charge in [0.25, 0.3) is 0 Å². The van der Waals surface area contributed by atoms with Crippen LogP contribution in [-0.4, -0.2) is 39.8 Å². The van der Waals surface area contributed by atoms with E-state index in [9.17, 15) is 4.79 Å². The highest BCUT2D eigenvalue weighted by atomic mass is 32.2. The first-order chi connectivity index (χ1) is 14.5. The minimum atomic E-state index is -0.354. The van der Waals surface area contributed by atoms with Gasteiger partial charge in [-0.15, -0.1) is 10.2 Å². The van der Waals surface area contributed by atoms with Crippen LogP contribution >= 0.6 is 11.8 Å². The molecule has 0 saturated carbocycles. The number of thioether (sulfide) groups is 1. The maximum absolute atomic E-state index is 12.6. The summed E-state index contributed by atoms with van der Waals surface area (Å²) >= 11 is 1.36. The van der Waals surface area contributed by atoms with Crippen molar-refractivity contribution >= 4 is 23.4 Å². The molecule has 0 fully saturated rings. The lowest BCUT2D eigenvalue weighted by Gasteiger charge is -2.12. The van der Waals surface area contributed by atoms with Crippen molar-refractivity contribution in [3.05, 3.63) is 53.9 Å². The summed E-state index contributed by atoms with van der Waals surface area (Å²) in [5, 5.41) is 11.8. The van der Waals surface area contributed by atoms with Crippen molar-refractivity contribution in [3.8, 4) is 17.2 Å². The summed E-state index contributed by atoms with van der Waals surface area (Å²) in [5.74, 6) is 2.82. The van der Waals surface area contributed by atoms with E-state index < -0.39 is 0 Å². The second kappa shape index (κ2) is 8.66. The molecule has 2 heterocycles. The maximum atomic E-state index is 12.6. The molecule has 2 aromatic carbocycles. The number of benzene rings is 2. The molecule has 0 saturated heterocycles. The summed E-state index contributed by atoms with van der Waals surface area (Å²) in [4.78, 5) is 12.6. The van der Waals surface area contributed by atoms with Gasteiger partial charge in [-0.05, 0) is 36.8 Å². The number of nitrogens with one attached hydrogen (secondary N) is 1. The molecule has 3 aromatic rings. The van der Waals surface area contributed by atoms with Crippen molar-refractivity contribution in [1.29, 1.82) is 0 Å². The number of hydrogen-bond acceptors (Lipinski definition) is 7. The van der Waals surface area contributed by atoms with Gasteiger partial charge in [-0.25, -0.2) is 0 Å². The highest BCUT2D eigenvalue weighted by Crippen LogP contribution is 2.34. The molecule has 1 aliphatic heterocycles. The van der Waals surface area contributed by atoms with Crippen LogP contribution in [0.2, 0.25) is 0 Å². The SMILES string of the molecule is COc1ccc(Cc2nnc(S[C@H](C)C(=O)Nc3ccc4c(c3)OCO4)n2C)cc1. The van der Waals surface area contributed by atoms with Crippen molar-refractivity contribution in [3.63, 3.8) is 0 Å². The zero-order chi connectivity index (χ0) is 21.1. The second-order valence-electron chi connectivity index (χ2n) is 6.80. The molecular formula is C21H22N4O4S. The van der Waals surface area contributed by atoms with E-state index in [0.717, 1.165) is 17.1 Å². The molecule has 1 atom stereocenters. The summed E-state index contributed by atoms with van der Waals surface area (Å²) < 4.78 is 17.7. The van der Waals surface area contributed by atoms with Crippen molar-refractivity contribution in [1.82, 2.24) is 14.8 Å². The molecule has 0 radical (unpaired) electrons. The predicted molar refractivity (Wildman–Crippen MR) is 113 cm³/mol. The van der Waals surface area contributed by atoms with E-state index >= 15 is 0 Å². The molecule has 0 bridgehead atoms. The van der Waals surface area contributed by atoms with E-state index in [2.05, 4.69) is 15.5 Å². The summed E-state index contributed by atoms with van der Waals surface area (Å²) in [6, 6.07) is 13.2. The fraction of sp³-hybridized carbons (Fsp3) is 0.286. The van der Waals surface area contributed by atoms with Crippen LogP contribution in [-0.2, 0) is 18.3 Å². The van der Waals surface area contributed by atoms with Crippen molar-refractivity contribution in [2.45, 2.75) is 23.8 Å². The molecule has 1 amide bonds. The Kier molecular flexibility index (Phi) is 5.80. The lowest BCUT2D eigenvalue weighted by atomic mass is 10.1. The number of carbonyl (C=O) groups excluding carboxylic acids is 1. The second-order valence-corrected chi connectivity index (χ2v) is 8.11. The van der Waals surface area contributed by atoms with Gasteiger partial charge in [0.15, 0.2) is 16.7 Å². The van der Waals surface area contributed by atoms with E-state index in [4.69, 9.17) is 14.2 Å². The molecule has 156 valence electrons. The van der Waals surface area contributed by atoms with Crippen molar-refractivity contribution in [2.24, 2.45) is 7.05 Å². The molecule has 30 heavy (non-hydrogen) atoms. The van der Waals surface area contributed by atoms with Gasteiger partial charge in [0.2, 0.25) is 12.7 Å². The summed E-state index contributed by atoms with van der Waals surface area (Å²) in [7, 11) is 3.55. The number of methoxy groups -OCH3 is 1. The van der Waals surface area contributed by atoms with E-state index in [-0.39, 0.29) is 18.0 Å². The summed E-state index contributed by atoms with van der Waals surface area (Å²) in [5.41, 5.74) is 1.77. The van der Waals surface area contributed by atoms with Gasteiger partial charge in [0.1, 0.15) is 11.6 Å². The molecule has 1 aliphatic rings. The Labute approximate surface area is 178 Å².